The van der Waals surface area contributed by atoms with Gasteiger partial charge in [0.1, 0.15) is 6.61 Å². The number of esters is 2. The van der Waals surface area contributed by atoms with Crippen molar-refractivity contribution in [2.75, 3.05) is 19.1 Å². The van der Waals surface area contributed by atoms with Crippen LogP contribution in [0, 0.1) is 0 Å². The molecule has 0 aromatic rings. The first-order valence-corrected chi connectivity index (χ1v) is 9.31. The molecule has 0 aliphatic rings. The first-order valence-electron chi connectivity index (χ1n) is 8.78. The fourth-order valence-electron chi connectivity index (χ4n) is 2.13. The third-order valence-electron chi connectivity index (χ3n) is 3.42. The van der Waals surface area contributed by atoms with Crippen molar-refractivity contribution in [2.45, 2.75) is 71.1 Å². The number of carbonyl (C=O) groups is 2. The van der Waals surface area contributed by atoms with Crippen molar-refractivity contribution >= 4 is 23.5 Å². The van der Waals surface area contributed by atoms with Gasteiger partial charge in [-0.05, 0) is 6.42 Å². The van der Waals surface area contributed by atoms with Gasteiger partial charge in [-0.15, -0.1) is 11.6 Å². The van der Waals surface area contributed by atoms with Gasteiger partial charge in [0.15, 0.2) is 0 Å². The number of rotatable bonds is 15. The molecule has 5 heteroatoms. The molecule has 0 N–H and O–H groups in total. The molecule has 23 heavy (non-hydrogen) atoms. The Morgan fingerprint density at radius 3 is 1.65 bits per heavy atom. The Hall–Kier alpha value is -1.03. The summed E-state index contributed by atoms with van der Waals surface area (Å²) in [5, 5.41) is 0. The van der Waals surface area contributed by atoms with Crippen molar-refractivity contribution in [1.82, 2.24) is 0 Å². The molecule has 0 radical (unpaired) electrons. The summed E-state index contributed by atoms with van der Waals surface area (Å²) in [6, 6.07) is 0. The molecule has 4 nitrogen and oxygen atoms in total. The fraction of sp³-hybridized carbons (Fsp3) is 0.778. The summed E-state index contributed by atoms with van der Waals surface area (Å²) >= 11 is 5.37. The highest BCUT2D eigenvalue weighted by Gasteiger charge is 2.00. The number of unbranched alkanes of at least 4 members (excludes halogenated alkanes) is 9. The van der Waals surface area contributed by atoms with E-state index in [0.29, 0.717) is 6.61 Å². The van der Waals surface area contributed by atoms with Gasteiger partial charge in [-0.1, -0.05) is 64.7 Å². The van der Waals surface area contributed by atoms with Crippen LogP contribution in [0.3, 0.4) is 0 Å². The molecule has 134 valence electrons. The molecule has 0 saturated heterocycles. The third kappa shape index (κ3) is 17.2. The van der Waals surface area contributed by atoms with Crippen molar-refractivity contribution < 1.29 is 19.1 Å². The number of alkyl halides is 1. The summed E-state index contributed by atoms with van der Waals surface area (Å²) in [7, 11) is 0. The number of hydrogen-bond donors (Lipinski definition) is 0. The first-order chi connectivity index (χ1) is 11.2. The summed E-state index contributed by atoms with van der Waals surface area (Å²) < 4.78 is 9.70. The lowest BCUT2D eigenvalue weighted by molar-refractivity contribution is -0.140. The van der Waals surface area contributed by atoms with E-state index in [4.69, 9.17) is 16.3 Å². The lowest BCUT2D eigenvalue weighted by Crippen LogP contribution is -2.06. The van der Waals surface area contributed by atoms with Crippen LogP contribution in [0.25, 0.3) is 0 Å². The zero-order valence-electron chi connectivity index (χ0n) is 14.4. The van der Waals surface area contributed by atoms with Crippen LogP contribution in [-0.4, -0.2) is 31.0 Å². The maximum Gasteiger partial charge on any atom is 0.331 e. The maximum atomic E-state index is 11.3. The van der Waals surface area contributed by atoms with Gasteiger partial charge in [-0.25, -0.2) is 9.59 Å². The van der Waals surface area contributed by atoms with Gasteiger partial charge in [0.25, 0.3) is 0 Å². The van der Waals surface area contributed by atoms with E-state index in [2.05, 4.69) is 11.7 Å². The summed E-state index contributed by atoms with van der Waals surface area (Å²) in [5.41, 5.74) is 0. The topological polar surface area (TPSA) is 52.6 Å². The quantitative estimate of drug-likeness (QED) is 0.185. The molecular formula is C18H31ClO4. The largest absolute Gasteiger partial charge is 0.463 e. The van der Waals surface area contributed by atoms with Gasteiger partial charge in [0.05, 0.1) is 12.5 Å². The molecule has 0 aromatic carbocycles. The van der Waals surface area contributed by atoms with E-state index < -0.39 is 11.9 Å². The predicted octanol–water partition coefficient (Wildman–Crippen LogP) is 4.79. The molecule has 0 aromatic heterocycles. The van der Waals surface area contributed by atoms with Crippen molar-refractivity contribution in [3.05, 3.63) is 12.2 Å². The molecule has 0 unspecified atom stereocenters. The lowest BCUT2D eigenvalue weighted by Gasteiger charge is -2.03. The average molecular weight is 347 g/mol. The highest BCUT2D eigenvalue weighted by molar-refractivity contribution is 6.18. The van der Waals surface area contributed by atoms with E-state index in [1.165, 1.54) is 51.4 Å². The minimum Gasteiger partial charge on any atom is -0.463 e. The van der Waals surface area contributed by atoms with Gasteiger partial charge in [-0.3, -0.25) is 0 Å². The molecule has 0 amide bonds. The summed E-state index contributed by atoms with van der Waals surface area (Å²) in [6.45, 7) is 2.77. The van der Waals surface area contributed by atoms with Gasteiger partial charge in [0.2, 0.25) is 0 Å². The van der Waals surface area contributed by atoms with E-state index in [0.717, 1.165) is 25.0 Å². The zero-order valence-corrected chi connectivity index (χ0v) is 15.1. The molecule has 0 saturated carbocycles. The van der Waals surface area contributed by atoms with Crippen LogP contribution in [-0.2, 0) is 19.1 Å². The van der Waals surface area contributed by atoms with Crippen LogP contribution in [0.1, 0.15) is 71.1 Å². The molecule has 0 fully saturated rings. The second-order valence-corrected chi connectivity index (χ2v) is 5.92. The Morgan fingerprint density at radius 1 is 0.739 bits per heavy atom. The van der Waals surface area contributed by atoms with Gasteiger partial charge >= 0.3 is 11.9 Å². The molecule has 0 bridgehead atoms. The van der Waals surface area contributed by atoms with Crippen LogP contribution in [0.2, 0.25) is 0 Å². The number of ether oxygens (including phenoxy) is 2. The van der Waals surface area contributed by atoms with Crippen molar-refractivity contribution in [1.29, 1.82) is 0 Å². The average Bonchev–Trinajstić information content (AvgIpc) is 2.56. The Kier molecular flexibility index (Phi) is 16.5. The van der Waals surface area contributed by atoms with E-state index in [9.17, 15) is 9.59 Å². The molecule has 0 aliphatic heterocycles. The molecule has 0 heterocycles. The van der Waals surface area contributed by atoms with Crippen molar-refractivity contribution in [3.8, 4) is 0 Å². The second kappa shape index (κ2) is 17.3. The van der Waals surface area contributed by atoms with Crippen LogP contribution >= 0.6 is 11.6 Å². The Morgan fingerprint density at radius 2 is 1.17 bits per heavy atom. The van der Waals surface area contributed by atoms with Gasteiger partial charge in [0, 0.05) is 12.2 Å². The van der Waals surface area contributed by atoms with E-state index in [-0.39, 0.29) is 12.5 Å². The minimum absolute atomic E-state index is 0.137. The Balaban J connectivity index is 3.35. The third-order valence-corrected chi connectivity index (χ3v) is 3.57. The second-order valence-electron chi connectivity index (χ2n) is 5.54. The van der Waals surface area contributed by atoms with E-state index in [1.807, 2.05) is 0 Å². The highest BCUT2D eigenvalue weighted by atomic mass is 35.5. The molecule has 0 atom stereocenters. The van der Waals surface area contributed by atoms with Crippen molar-refractivity contribution in [2.24, 2.45) is 0 Å². The monoisotopic (exact) mass is 346 g/mol. The Labute approximate surface area is 145 Å². The van der Waals surface area contributed by atoms with E-state index in [1.54, 1.807) is 0 Å². The van der Waals surface area contributed by atoms with E-state index >= 15 is 0 Å². The number of carbonyl (C=O) groups excluding carboxylic acids is 2. The minimum atomic E-state index is -0.582. The number of halogens is 1. The van der Waals surface area contributed by atoms with Crippen LogP contribution in [0.4, 0.5) is 0 Å². The fourth-order valence-corrected chi connectivity index (χ4v) is 2.21. The summed E-state index contributed by atoms with van der Waals surface area (Å²) in [5.74, 6) is -0.853. The van der Waals surface area contributed by atoms with Gasteiger partial charge < -0.3 is 9.47 Å². The SMILES string of the molecule is CCCCCCCCCCCCOC(=O)/C=C/C(=O)OCCCl. The summed E-state index contributed by atoms with van der Waals surface area (Å²) in [6.07, 6.45) is 14.5. The lowest BCUT2D eigenvalue weighted by atomic mass is 10.1. The van der Waals surface area contributed by atoms with Crippen LogP contribution in [0.15, 0.2) is 12.2 Å². The normalized spacial score (nSPS) is 10.9. The summed E-state index contributed by atoms with van der Waals surface area (Å²) in [4.78, 5) is 22.4. The molecule has 0 rings (SSSR count). The van der Waals surface area contributed by atoms with Crippen LogP contribution in [0.5, 0.6) is 0 Å². The maximum absolute atomic E-state index is 11.3. The standard InChI is InChI=1S/C18H31ClO4/c1-2-3-4-5-6-7-8-9-10-11-15-22-17(20)12-13-18(21)23-16-14-19/h12-13H,2-11,14-16H2,1H3/b13-12+. The Bertz CT molecular complexity index is 329. The molecule has 0 aliphatic carbocycles. The van der Waals surface area contributed by atoms with Crippen LogP contribution < -0.4 is 0 Å². The van der Waals surface area contributed by atoms with Crippen molar-refractivity contribution in [3.63, 3.8) is 0 Å². The first kappa shape index (κ1) is 22.0. The molecular weight excluding hydrogens is 316 g/mol. The zero-order chi connectivity index (χ0) is 17.2. The number of hydrogen-bond acceptors (Lipinski definition) is 4. The van der Waals surface area contributed by atoms with Gasteiger partial charge in [-0.2, -0.15) is 0 Å². The highest BCUT2D eigenvalue weighted by Crippen LogP contribution is 2.10. The smallest absolute Gasteiger partial charge is 0.331 e. The molecule has 0 spiro atoms. The predicted molar refractivity (Wildman–Crippen MR) is 93.6 cm³/mol.